The van der Waals surface area contributed by atoms with E-state index in [4.69, 9.17) is 42.6 Å². The second-order valence-electron chi connectivity index (χ2n) is 11.7. The van der Waals surface area contributed by atoms with Gasteiger partial charge in [-0.1, -0.05) is 48.5 Å². The summed E-state index contributed by atoms with van der Waals surface area (Å²) in [5, 5.41) is 20.4. The van der Waals surface area contributed by atoms with Gasteiger partial charge in [0.1, 0.15) is 48.8 Å². The topological polar surface area (TPSA) is 124 Å². The minimum atomic E-state index is -1.03. The maximum Gasteiger partial charge on any atom is 0.283 e. The van der Waals surface area contributed by atoms with Crippen molar-refractivity contribution in [2.24, 2.45) is 0 Å². The summed E-state index contributed by atoms with van der Waals surface area (Å²) in [7, 11) is 0. The molecule has 6 aliphatic heterocycles. The van der Waals surface area contributed by atoms with Crippen LogP contribution in [0.25, 0.3) is 0 Å². The Balaban J connectivity index is 0.000000138. The molecule has 0 radical (unpaired) electrons. The van der Waals surface area contributed by atoms with E-state index < -0.39 is 36.7 Å². The average molecular weight is 587 g/mol. The van der Waals surface area contributed by atoms with Gasteiger partial charge in [0.05, 0.1) is 45.7 Å². The van der Waals surface area contributed by atoms with Crippen molar-refractivity contribution in [1.82, 2.24) is 0 Å². The highest BCUT2D eigenvalue weighted by Gasteiger charge is 2.64. The fourth-order valence-electron chi connectivity index (χ4n) is 6.43. The predicted octanol–water partition coefficient (Wildman–Crippen LogP) is 1.93. The van der Waals surface area contributed by atoms with E-state index in [1.54, 1.807) is 13.8 Å². The molecule has 4 saturated heterocycles. The molecule has 11 nitrogen and oxygen atoms in total. The molecule has 0 amide bonds. The number of hydrogen-bond acceptors (Lipinski definition) is 11. The second kappa shape index (κ2) is 11.8. The molecule has 0 aliphatic carbocycles. The van der Waals surface area contributed by atoms with Crippen molar-refractivity contribution in [3.8, 4) is 0 Å². The summed E-state index contributed by atoms with van der Waals surface area (Å²) < 4.78 is 52.5. The monoisotopic (exact) mass is 586 g/mol. The van der Waals surface area contributed by atoms with Crippen LogP contribution in [0.2, 0.25) is 0 Å². The van der Waals surface area contributed by atoms with Crippen LogP contribution >= 0.6 is 0 Å². The summed E-state index contributed by atoms with van der Waals surface area (Å²) in [6.45, 7) is 6.13. The maximum atomic E-state index is 10.3. The number of aliphatic hydroxyl groups excluding tert-OH is 2. The van der Waals surface area contributed by atoms with Gasteiger partial charge in [0.2, 0.25) is 0 Å². The molecular formula is C31H38O11. The highest BCUT2D eigenvalue weighted by atomic mass is 17.0. The van der Waals surface area contributed by atoms with Crippen LogP contribution in [0.4, 0.5) is 0 Å². The van der Waals surface area contributed by atoms with Crippen LogP contribution in [0, 0.1) is 0 Å². The summed E-state index contributed by atoms with van der Waals surface area (Å²) in [6.07, 6.45) is -4.61. The maximum absolute atomic E-state index is 10.3. The van der Waals surface area contributed by atoms with E-state index in [0.717, 1.165) is 22.3 Å². The molecule has 11 atom stereocenters. The highest BCUT2D eigenvalue weighted by molar-refractivity contribution is 5.27. The summed E-state index contributed by atoms with van der Waals surface area (Å²) in [5.41, 5.74) is 4.35. The van der Waals surface area contributed by atoms with Crippen LogP contribution in [0.1, 0.15) is 36.1 Å². The zero-order valence-corrected chi connectivity index (χ0v) is 23.7. The van der Waals surface area contributed by atoms with E-state index in [-0.39, 0.29) is 37.1 Å². The van der Waals surface area contributed by atoms with Crippen molar-refractivity contribution >= 4 is 0 Å². The molecule has 42 heavy (non-hydrogen) atoms. The molecule has 0 aromatic heterocycles. The lowest BCUT2D eigenvalue weighted by Crippen LogP contribution is -2.62. The number of hydrogen-bond donors (Lipinski definition) is 2. The minimum absolute atomic E-state index is 0.206. The molecular weight excluding hydrogens is 548 g/mol. The van der Waals surface area contributed by atoms with Gasteiger partial charge in [0.25, 0.3) is 5.97 Å². The van der Waals surface area contributed by atoms with Crippen LogP contribution in [-0.4, -0.2) is 90.6 Å². The second-order valence-corrected chi connectivity index (χ2v) is 11.7. The first-order valence-electron chi connectivity index (χ1n) is 14.6. The number of fused-ring (bicyclic) bond motifs is 5. The molecule has 2 N–H and O–H groups in total. The van der Waals surface area contributed by atoms with Gasteiger partial charge in [-0.25, -0.2) is 0 Å². The van der Waals surface area contributed by atoms with Crippen LogP contribution in [0.15, 0.2) is 48.5 Å². The molecule has 11 heteroatoms. The summed E-state index contributed by atoms with van der Waals surface area (Å²) in [4.78, 5) is 0. The van der Waals surface area contributed by atoms with Gasteiger partial charge in [-0.15, -0.1) is 0 Å². The Kier molecular flexibility index (Phi) is 8.10. The Morgan fingerprint density at radius 2 is 1.17 bits per heavy atom. The van der Waals surface area contributed by atoms with E-state index in [1.165, 1.54) is 0 Å². The normalized spacial score (nSPS) is 42.4. The molecule has 6 unspecified atom stereocenters. The van der Waals surface area contributed by atoms with E-state index >= 15 is 0 Å². The first kappa shape index (κ1) is 28.8. The molecule has 7 bridgehead atoms. The standard InChI is InChI=1S/C16H18O6.C15H20O5/c1-16-20-12-11-8-17-6-9-4-2-3-5-10(9)7-18-13(12)14(21-16)15(19-11)22-16;1-9-13(16)15-14(17)12(20-9)8-18-6-10-4-2-3-5-11(10)7-19-15/h2-5,11-15H,6-8H2,1H3;2-5,9,12-17H,6-8H2,1H3/t11?,12-,13?,14+,15-,16?;9?,12?,13?,14-,15+/m11/s1. The van der Waals surface area contributed by atoms with Crippen molar-refractivity contribution in [3.05, 3.63) is 70.8 Å². The fourth-order valence-corrected chi connectivity index (χ4v) is 6.43. The molecule has 2 aromatic carbocycles. The van der Waals surface area contributed by atoms with Crippen molar-refractivity contribution in [2.45, 2.75) is 107 Å². The Morgan fingerprint density at radius 1 is 0.619 bits per heavy atom. The van der Waals surface area contributed by atoms with Crippen molar-refractivity contribution in [2.75, 3.05) is 13.2 Å². The van der Waals surface area contributed by atoms with Gasteiger partial charge in [-0.3, -0.25) is 4.74 Å². The fraction of sp³-hybridized carbons (Fsp3) is 0.613. The number of ether oxygens (including phenoxy) is 9. The van der Waals surface area contributed by atoms with Crippen LogP contribution in [0.3, 0.4) is 0 Å². The number of benzene rings is 2. The number of rotatable bonds is 0. The van der Waals surface area contributed by atoms with Crippen molar-refractivity contribution in [1.29, 1.82) is 0 Å². The lowest BCUT2D eigenvalue weighted by atomic mass is 9.95. The zero-order chi connectivity index (χ0) is 28.8. The van der Waals surface area contributed by atoms with Gasteiger partial charge in [-0.2, -0.15) is 0 Å². The van der Waals surface area contributed by atoms with E-state index in [0.29, 0.717) is 33.0 Å². The lowest BCUT2D eigenvalue weighted by Gasteiger charge is -2.45. The summed E-state index contributed by atoms with van der Waals surface area (Å²) in [5.74, 6) is -1.03. The van der Waals surface area contributed by atoms with Crippen molar-refractivity contribution in [3.63, 3.8) is 0 Å². The molecule has 228 valence electrons. The van der Waals surface area contributed by atoms with E-state index in [9.17, 15) is 10.2 Å². The first-order chi connectivity index (χ1) is 20.4. The van der Waals surface area contributed by atoms with Gasteiger partial charge >= 0.3 is 0 Å². The Bertz CT molecular complexity index is 1240. The SMILES string of the molecule is CC12O[C@@H]3C4COCc5ccccc5COC3[C@H](O1)[C@H](O4)O2.CC1OC2COCc3ccccc3CO[C@@H](C1O)[C@@H]2O. The van der Waals surface area contributed by atoms with Crippen LogP contribution in [-0.2, 0) is 69.1 Å². The Hall–Kier alpha value is -2.00. The molecule has 6 aliphatic rings. The minimum Gasteiger partial charge on any atom is -0.388 e. The Labute approximate surface area is 244 Å². The Morgan fingerprint density at radius 3 is 1.81 bits per heavy atom. The van der Waals surface area contributed by atoms with Gasteiger partial charge < -0.3 is 48.1 Å². The predicted molar refractivity (Wildman–Crippen MR) is 144 cm³/mol. The van der Waals surface area contributed by atoms with Crippen molar-refractivity contribution < 1.29 is 52.8 Å². The van der Waals surface area contributed by atoms with Crippen LogP contribution < -0.4 is 0 Å². The zero-order valence-electron chi connectivity index (χ0n) is 23.7. The third-order valence-electron chi connectivity index (χ3n) is 8.72. The highest BCUT2D eigenvalue weighted by Crippen LogP contribution is 2.46. The molecule has 0 saturated carbocycles. The number of aliphatic hydroxyl groups is 2. The molecule has 2 aromatic rings. The third kappa shape index (κ3) is 5.53. The van der Waals surface area contributed by atoms with Gasteiger partial charge in [-0.05, 0) is 29.2 Å². The van der Waals surface area contributed by atoms with E-state index in [2.05, 4.69) is 12.1 Å². The molecule has 8 rings (SSSR count). The molecule has 0 spiro atoms. The van der Waals surface area contributed by atoms with Gasteiger partial charge in [0.15, 0.2) is 6.29 Å². The lowest BCUT2D eigenvalue weighted by molar-refractivity contribution is -0.387. The first-order valence-corrected chi connectivity index (χ1v) is 14.6. The third-order valence-corrected chi connectivity index (χ3v) is 8.72. The molecule has 4 fully saturated rings. The van der Waals surface area contributed by atoms with Crippen LogP contribution in [0.5, 0.6) is 0 Å². The average Bonchev–Trinajstić information content (AvgIpc) is 3.17. The summed E-state index contributed by atoms with van der Waals surface area (Å²) >= 11 is 0. The smallest absolute Gasteiger partial charge is 0.283 e. The summed E-state index contributed by atoms with van der Waals surface area (Å²) in [6, 6.07) is 16.0. The quantitative estimate of drug-likeness (QED) is 0.471. The van der Waals surface area contributed by atoms with E-state index in [1.807, 2.05) is 36.4 Å². The molecule has 6 heterocycles. The largest absolute Gasteiger partial charge is 0.388 e. The van der Waals surface area contributed by atoms with Gasteiger partial charge in [0, 0.05) is 6.92 Å².